The summed E-state index contributed by atoms with van der Waals surface area (Å²) in [5.41, 5.74) is 1.80. The van der Waals surface area contributed by atoms with Gasteiger partial charge >= 0.3 is 0 Å². The maximum atomic E-state index is 14.1. The Morgan fingerprint density at radius 3 is 0.773 bits per heavy atom. The van der Waals surface area contributed by atoms with Crippen molar-refractivity contribution < 1.29 is 19.2 Å². The van der Waals surface area contributed by atoms with Gasteiger partial charge in [-0.15, -0.1) is 0 Å². The van der Waals surface area contributed by atoms with Gasteiger partial charge in [0.05, 0.1) is 0 Å². The third-order valence-corrected chi connectivity index (χ3v) is 10.8. The Balaban J connectivity index is 1.30. The molecular formula is C38H50N2O4. The van der Waals surface area contributed by atoms with E-state index in [-0.39, 0.29) is 35.7 Å². The fourth-order valence-corrected chi connectivity index (χ4v) is 8.38. The first kappa shape index (κ1) is 31.0. The van der Waals surface area contributed by atoms with Gasteiger partial charge in [0.2, 0.25) is 0 Å². The molecule has 0 saturated heterocycles. The van der Waals surface area contributed by atoms with Gasteiger partial charge in [-0.1, -0.05) is 116 Å². The van der Waals surface area contributed by atoms with Crippen LogP contribution in [0.4, 0.5) is 0 Å². The third kappa shape index (κ3) is 6.23. The van der Waals surface area contributed by atoms with Crippen LogP contribution in [0.2, 0.25) is 0 Å². The van der Waals surface area contributed by atoms with Gasteiger partial charge in [0, 0.05) is 45.1 Å². The monoisotopic (exact) mass is 598 g/mol. The molecule has 0 atom stereocenters. The standard InChI is InChI=1S/C38H50N2O4/c41-35-29-23-25-31-34-32(38(44)40(37(31)43)28-21-17-13-9-5-2-6-10-14-18-22-28)26-24-30(33(29)34)36(42)39(35)27-19-15-11-7-3-1-4-8-12-16-20-27/h23-28H,1-22H2. The summed E-state index contributed by atoms with van der Waals surface area (Å²) < 4.78 is 0. The van der Waals surface area contributed by atoms with Gasteiger partial charge in [0.25, 0.3) is 23.6 Å². The molecule has 2 aliphatic heterocycles. The normalized spacial score (nSPS) is 22.7. The first-order chi connectivity index (χ1) is 21.6. The first-order valence-corrected chi connectivity index (χ1v) is 17.9. The lowest BCUT2D eigenvalue weighted by atomic mass is 9.84. The summed E-state index contributed by atoms with van der Waals surface area (Å²) in [4.78, 5) is 59.4. The van der Waals surface area contributed by atoms with Crippen LogP contribution in [0.25, 0.3) is 10.8 Å². The van der Waals surface area contributed by atoms with Crippen molar-refractivity contribution in [1.29, 1.82) is 0 Å². The molecule has 44 heavy (non-hydrogen) atoms. The molecule has 2 heterocycles. The average Bonchev–Trinajstić information content (AvgIpc) is 3.01. The Bertz CT molecular complexity index is 1200. The summed E-state index contributed by atoms with van der Waals surface area (Å²) in [5, 5.41) is 0.999. The van der Waals surface area contributed by atoms with E-state index in [1.54, 1.807) is 24.3 Å². The number of benzene rings is 2. The second-order valence-electron chi connectivity index (χ2n) is 13.9. The van der Waals surface area contributed by atoms with Crippen LogP contribution >= 0.6 is 0 Å². The molecule has 4 amide bonds. The summed E-state index contributed by atoms with van der Waals surface area (Å²) in [5.74, 6) is -1.09. The number of hydrogen-bond donors (Lipinski definition) is 0. The molecule has 0 spiro atoms. The number of hydrogen-bond acceptors (Lipinski definition) is 4. The van der Waals surface area contributed by atoms with E-state index in [9.17, 15) is 19.2 Å². The van der Waals surface area contributed by atoms with E-state index in [0.717, 1.165) is 77.0 Å². The maximum Gasteiger partial charge on any atom is 0.261 e. The molecule has 6 heteroatoms. The fraction of sp³-hybridized carbons (Fsp3) is 0.632. The molecule has 0 bridgehead atoms. The predicted octanol–water partition coefficient (Wildman–Crippen LogP) is 9.38. The van der Waals surface area contributed by atoms with E-state index in [2.05, 4.69) is 0 Å². The van der Waals surface area contributed by atoms with Crippen molar-refractivity contribution >= 4 is 34.4 Å². The molecule has 4 aliphatic rings. The zero-order valence-corrected chi connectivity index (χ0v) is 26.5. The van der Waals surface area contributed by atoms with Crippen molar-refractivity contribution in [2.45, 2.75) is 153 Å². The van der Waals surface area contributed by atoms with Crippen LogP contribution in [0.15, 0.2) is 24.3 Å². The van der Waals surface area contributed by atoms with E-state index < -0.39 is 0 Å². The lowest BCUT2D eigenvalue weighted by Gasteiger charge is -2.37. The summed E-state index contributed by atoms with van der Waals surface area (Å²) in [6.07, 6.45) is 24.4. The van der Waals surface area contributed by atoms with E-state index in [0.29, 0.717) is 33.0 Å². The highest BCUT2D eigenvalue weighted by Crippen LogP contribution is 2.40. The van der Waals surface area contributed by atoms with Gasteiger partial charge in [0.15, 0.2) is 0 Å². The number of nitrogens with zero attached hydrogens (tertiary/aromatic N) is 2. The van der Waals surface area contributed by atoms with Crippen molar-refractivity contribution in [3.63, 3.8) is 0 Å². The first-order valence-electron chi connectivity index (χ1n) is 17.9. The SMILES string of the molecule is O=C1c2ccc3c4c(ccc(c24)C(=O)N1C1CCCCCCCCCCC1)C(=O)N(C1CCCCCCCCCCC1)C3=O. The largest absolute Gasteiger partial charge is 0.271 e. The molecule has 6 nitrogen and oxygen atoms in total. The van der Waals surface area contributed by atoms with Gasteiger partial charge in [-0.05, 0) is 49.9 Å². The summed E-state index contributed by atoms with van der Waals surface area (Å²) >= 11 is 0. The highest BCUT2D eigenvalue weighted by atomic mass is 16.2. The third-order valence-electron chi connectivity index (χ3n) is 10.8. The van der Waals surface area contributed by atoms with Gasteiger partial charge in [0.1, 0.15) is 0 Å². The fourth-order valence-electron chi connectivity index (χ4n) is 8.38. The number of rotatable bonds is 2. The summed E-state index contributed by atoms with van der Waals surface area (Å²) in [6.45, 7) is 0. The second kappa shape index (κ2) is 14.4. The van der Waals surface area contributed by atoms with Gasteiger partial charge in [-0.3, -0.25) is 29.0 Å². The minimum absolute atomic E-state index is 0.121. The molecular weight excluding hydrogens is 548 g/mol. The number of carbonyl (C=O) groups excluding carboxylic acids is 4. The molecule has 2 aromatic carbocycles. The molecule has 0 aromatic heterocycles. The van der Waals surface area contributed by atoms with Crippen LogP contribution in [-0.2, 0) is 0 Å². The Morgan fingerprint density at radius 2 is 0.545 bits per heavy atom. The highest BCUT2D eigenvalue weighted by Gasteiger charge is 2.43. The van der Waals surface area contributed by atoms with Crippen molar-refractivity contribution in [1.82, 2.24) is 9.80 Å². The Labute approximate surface area is 262 Å². The Hall–Kier alpha value is -3.02. The molecule has 0 N–H and O–H groups in total. The number of carbonyl (C=O) groups is 4. The van der Waals surface area contributed by atoms with Crippen LogP contribution < -0.4 is 0 Å². The van der Waals surface area contributed by atoms with E-state index >= 15 is 0 Å². The lowest BCUT2D eigenvalue weighted by molar-refractivity contribution is 0.0494. The molecule has 6 rings (SSSR count). The number of imide groups is 2. The van der Waals surface area contributed by atoms with Crippen molar-refractivity contribution in [3.8, 4) is 0 Å². The zero-order chi connectivity index (χ0) is 30.5. The molecule has 2 aromatic rings. The summed E-state index contributed by atoms with van der Waals surface area (Å²) in [6, 6.07) is 6.74. The van der Waals surface area contributed by atoms with E-state index in [1.165, 1.54) is 74.0 Å². The Morgan fingerprint density at radius 1 is 0.341 bits per heavy atom. The smallest absolute Gasteiger partial charge is 0.261 e. The molecule has 2 saturated carbocycles. The van der Waals surface area contributed by atoms with E-state index in [1.807, 2.05) is 0 Å². The minimum atomic E-state index is -0.273. The van der Waals surface area contributed by atoms with Crippen molar-refractivity contribution in [2.24, 2.45) is 0 Å². The Kier molecular flexibility index (Phi) is 10.1. The van der Waals surface area contributed by atoms with E-state index in [4.69, 9.17) is 0 Å². The molecule has 236 valence electrons. The summed E-state index contributed by atoms with van der Waals surface area (Å²) in [7, 11) is 0. The number of amides is 4. The quantitative estimate of drug-likeness (QED) is 0.323. The highest BCUT2D eigenvalue weighted by molar-refractivity contribution is 6.33. The van der Waals surface area contributed by atoms with Crippen LogP contribution in [0.1, 0.15) is 183 Å². The minimum Gasteiger partial charge on any atom is -0.271 e. The van der Waals surface area contributed by atoms with Crippen LogP contribution in [0.5, 0.6) is 0 Å². The zero-order valence-electron chi connectivity index (χ0n) is 26.5. The molecule has 2 fully saturated rings. The van der Waals surface area contributed by atoms with Gasteiger partial charge in [-0.25, -0.2) is 0 Å². The molecule has 0 unspecified atom stereocenters. The van der Waals surface area contributed by atoms with Gasteiger partial charge < -0.3 is 0 Å². The second-order valence-corrected chi connectivity index (χ2v) is 13.9. The average molecular weight is 599 g/mol. The van der Waals surface area contributed by atoms with Crippen LogP contribution in [0.3, 0.4) is 0 Å². The topological polar surface area (TPSA) is 74.8 Å². The molecule has 2 aliphatic carbocycles. The van der Waals surface area contributed by atoms with Crippen LogP contribution in [-0.4, -0.2) is 45.5 Å². The molecule has 0 radical (unpaired) electrons. The van der Waals surface area contributed by atoms with Crippen molar-refractivity contribution in [2.75, 3.05) is 0 Å². The van der Waals surface area contributed by atoms with Crippen LogP contribution in [0, 0.1) is 0 Å². The lowest BCUT2D eigenvalue weighted by Crippen LogP contribution is -2.49. The maximum absolute atomic E-state index is 14.1. The van der Waals surface area contributed by atoms with Gasteiger partial charge in [-0.2, -0.15) is 0 Å². The van der Waals surface area contributed by atoms with Crippen molar-refractivity contribution in [3.05, 3.63) is 46.5 Å². The predicted molar refractivity (Wildman–Crippen MR) is 174 cm³/mol.